The Bertz CT molecular complexity index is 2970. The summed E-state index contributed by atoms with van der Waals surface area (Å²) >= 11 is 0. The van der Waals surface area contributed by atoms with Gasteiger partial charge in [-0.3, -0.25) is 0 Å². The predicted octanol–water partition coefficient (Wildman–Crippen LogP) is 15.8. The number of nitrogens with zero attached hydrogens (tertiary/aromatic N) is 1. The first kappa shape index (κ1) is 34.0. The maximum absolute atomic E-state index is 2.44. The molecule has 0 spiro atoms. The van der Waals surface area contributed by atoms with Gasteiger partial charge in [-0.05, 0) is 108 Å². The normalized spacial score (nSPS) is 11.2. The molecule has 0 bridgehead atoms. The summed E-state index contributed by atoms with van der Waals surface area (Å²) in [5.74, 6) is 0. The Balaban J connectivity index is 1.19. The van der Waals surface area contributed by atoms with Crippen molar-refractivity contribution in [3.05, 3.63) is 237 Å². The Hall–Kier alpha value is -7.48. The summed E-state index contributed by atoms with van der Waals surface area (Å²) in [6, 6.07) is 85.7. The molecule has 0 aliphatic heterocycles. The molecule has 0 aromatic heterocycles. The lowest BCUT2D eigenvalue weighted by Gasteiger charge is -2.29. The zero-order valence-corrected chi connectivity index (χ0v) is 31.5. The Labute approximate surface area is 334 Å². The minimum absolute atomic E-state index is 1.09. The van der Waals surface area contributed by atoms with Crippen LogP contribution >= 0.6 is 0 Å². The average molecular weight is 726 g/mol. The van der Waals surface area contributed by atoms with Gasteiger partial charge in [-0.1, -0.05) is 200 Å². The Morgan fingerprint density at radius 2 is 0.684 bits per heavy atom. The zero-order valence-electron chi connectivity index (χ0n) is 31.5. The molecule has 0 amide bonds. The summed E-state index contributed by atoms with van der Waals surface area (Å²) in [6.07, 6.45) is 0. The van der Waals surface area contributed by atoms with Crippen molar-refractivity contribution in [2.75, 3.05) is 4.90 Å². The van der Waals surface area contributed by atoms with Crippen LogP contribution in [0.3, 0.4) is 0 Å². The number of rotatable bonds is 8. The number of benzene rings is 10. The van der Waals surface area contributed by atoms with E-state index in [-0.39, 0.29) is 0 Å². The zero-order chi connectivity index (χ0) is 38.0. The third-order valence-electron chi connectivity index (χ3n) is 11.1. The topological polar surface area (TPSA) is 3.24 Å². The van der Waals surface area contributed by atoms with Gasteiger partial charge in [0.1, 0.15) is 0 Å². The third-order valence-corrected chi connectivity index (χ3v) is 11.1. The highest BCUT2D eigenvalue weighted by Gasteiger charge is 2.20. The molecule has 10 aromatic rings. The molecular formula is C56H39N. The summed E-state index contributed by atoms with van der Waals surface area (Å²) in [6.45, 7) is 0. The van der Waals surface area contributed by atoms with E-state index in [0.29, 0.717) is 0 Å². The second-order valence-electron chi connectivity index (χ2n) is 14.5. The largest absolute Gasteiger partial charge is 0.310 e. The van der Waals surface area contributed by atoms with Crippen LogP contribution in [0.2, 0.25) is 0 Å². The molecule has 0 saturated carbocycles. The smallest absolute Gasteiger partial charge is 0.0546 e. The Morgan fingerprint density at radius 3 is 1.33 bits per heavy atom. The van der Waals surface area contributed by atoms with E-state index in [1.54, 1.807) is 0 Å². The highest BCUT2D eigenvalue weighted by Crippen LogP contribution is 2.45. The fraction of sp³-hybridized carbons (Fsp3) is 0. The molecule has 1 nitrogen and oxygen atoms in total. The standard InChI is InChI=1S/C56H39N/c1-4-15-40(16-5-1)43-27-29-45(30-28-43)55-39-50(35-36-52(55)47-23-14-22-46(37-47)42-19-8-3-9-20-42)57(49-33-31-44(32-34-49)41-17-6-2-7-18-41)56-38-48-21-10-11-24-51(48)53-25-12-13-26-54(53)56/h1-39H. The van der Waals surface area contributed by atoms with E-state index < -0.39 is 0 Å². The molecule has 0 aliphatic rings. The van der Waals surface area contributed by atoms with Gasteiger partial charge in [-0.2, -0.15) is 0 Å². The quantitative estimate of drug-likeness (QED) is 0.141. The van der Waals surface area contributed by atoms with Crippen LogP contribution in [0.15, 0.2) is 237 Å². The van der Waals surface area contributed by atoms with Gasteiger partial charge in [0.25, 0.3) is 0 Å². The van der Waals surface area contributed by atoms with Crippen LogP contribution in [-0.2, 0) is 0 Å². The minimum Gasteiger partial charge on any atom is -0.310 e. The summed E-state index contributed by atoms with van der Waals surface area (Å²) in [5.41, 5.74) is 15.2. The van der Waals surface area contributed by atoms with Gasteiger partial charge in [0, 0.05) is 16.8 Å². The van der Waals surface area contributed by atoms with E-state index in [1.165, 1.54) is 77.2 Å². The molecule has 0 radical (unpaired) electrons. The molecule has 10 aromatic carbocycles. The summed E-state index contributed by atoms with van der Waals surface area (Å²) < 4.78 is 0. The maximum Gasteiger partial charge on any atom is 0.0546 e. The number of anilines is 3. The van der Waals surface area contributed by atoms with Gasteiger partial charge in [0.05, 0.1) is 5.69 Å². The highest BCUT2D eigenvalue weighted by molar-refractivity contribution is 6.14. The van der Waals surface area contributed by atoms with Crippen LogP contribution in [0.4, 0.5) is 17.1 Å². The lowest BCUT2D eigenvalue weighted by Crippen LogP contribution is -2.11. The summed E-state index contributed by atoms with van der Waals surface area (Å²) in [5, 5.41) is 4.91. The van der Waals surface area contributed by atoms with Gasteiger partial charge in [-0.25, -0.2) is 0 Å². The van der Waals surface area contributed by atoms with Crippen molar-refractivity contribution in [2.45, 2.75) is 0 Å². The molecular weight excluding hydrogens is 687 g/mol. The first-order chi connectivity index (χ1) is 28.3. The number of hydrogen-bond donors (Lipinski definition) is 0. The molecule has 1 heteroatoms. The third kappa shape index (κ3) is 6.66. The van der Waals surface area contributed by atoms with Crippen LogP contribution in [0.5, 0.6) is 0 Å². The van der Waals surface area contributed by atoms with Crippen molar-refractivity contribution in [2.24, 2.45) is 0 Å². The number of fused-ring (bicyclic) bond motifs is 3. The molecule has 0 atom stereocenters. The van der Waals surface area contributed by atoms with Gasteiger partial charge in [0.2, 0.25) is 0 Å². The van der Waals surface area contributed by atoms with Crippen molar-refractivity contribution in [1.29, 1.82) is 0 Å². The van der Waals surface area contributed by atoms with Gasteiger partial charge < -0.3 is 4.90 Å². The molecule has 0 fully saturated rings. The van der Waals surface area contributed by atoms with Crippen LogP contribution in [0.1, 0.15) is 0 Å². The Morgan fingerprint density at radius 1 is 0.228 bits per heavy atom. The lowest BCUT2D eigenvalue weighted by atomic mass is 9.91. The fourth-order valence-electron chi connectivity index (χ4n) is 8.21. The minimum atomic E-state index is 1.09. The van der Waals surface area contributed by atoms with Crippen molar-refractivity contribution in [1.82, 2.24) is 0 Å². The van der Waals surface area contributed by atoms with E-state index in [0.717, 1.165) is 17.1 Å². The van der Waals surface area contributed by atoms with E-state index >= 15 is 0 Å². The van der Waals surface area contributed by atoms with Crippen LogP contribution < -0.4 is 4.90 Å². The average Bonchev–Trinajstić information content (AvgIpc) is 3.30. The SMILES string of the molecule is c1ccc(-c2ccc(-c3cc(N(c4ccc(-c5ccccc5)cc4)c4cc5ccccc5c5ccccc45)ccc3-c3cccc(-c4ccccc4)c3)cc2)cc1. The van der Waals surface area contributed by atoms with Crippen molar-refractivity contribution in [3.8, 4) is 55.6 Å². The predicted molar refractivity (Wildman–Crippen MR) is 243 cm³/mol. The molecule has 0 N–H and O–H groups in total. The Kier molecular flexibility index (Phi) is 8.95. The van der Waals surface area contributed by atoms with Crippen LogP contribution in [0.25, 0.3) is 77.2 Å². The van der Waals surface area contributed by atoms with Gasteiger partial charge in [0.15, 0.2) is 0 Å². The van der Waals surface area contributed by atoms with Crippen LogP contribution in [-0.4, -0.2) is 0 Å². The molecule has 0 aliphatic carbocycles. The number of hydrogen-bond acceptors (Lipinski definition) is 1. The summed E-state index contributed by atoms with van der Waals surface area (Å²) in [7, 11) is 0. The van der Waals surface area contributed by atoms with E-state index in [2.05, 4.69) is 241 Å². The second kappa shape index (κ2) is 15.0. The lowest BCUT2D eigenvalue weighted by molar-refractivity contribution is 1.30. The maximum atomic E-state index is 2.44. The van der Waals surface area contributed by atoms with E-state index in [9.17, 15) is 0 Å². The van der Waals surface area contributed by atoms with E-state index in [4.69, 9.17) is 0 Å². The molecule has 0 saturated heterocycles. The first-order valence-corrected chi connectivity index (χ1v) is 19.6. The molecule has 0 unspecified atom stereocenters. The molecule has 268 valence electrons. The van der Waals surface area contributed by atoms with E-state index in [1.807, 2.05) is 0 Å². The second-order valence-corrected chi connectivity index (χ2v) is 14.5. The van der Waals surface area contributed by atoms with Gasteiger partial charge in [-0.15, -0.1) is 0 Å². The van der Waals surface area contributed by atoms with Crippen molar-refractivity contribution < 1.29 is 0 Å². The van der Waals surface area contributed by atoms with Gasteiger partial charge >= 0.3 is 0 Å². The fourth-order valence-corrected chi connectivity index (χ4v) is 8.21. The highest BCUT2D eigenvalue weighted by atomic mass is 15.1. The van der Waals surface area contributed by atoms with Crippen molar-refractivity contribution in [3.63, 3.8) is 0 Å². The summed E-state index contributed by atoms with van der Waals surface area (Å²) in [4.78, 5) is 2.44. The van der Waals surface area contributed by atoms with Crippen LogP contribution in [0, 0.1) is 0 Å². The molecule has 57 heavy (non-hydrogen) atoms. The van der Waals surface area contributed by atoms with Crippen molar-refractivity contribution >= 4 is 38.6 Å². The molecule has 10 rings (SSSR count). The molecule has 0 heterocycles. The first-order valence-electron chi connectivity index (χ1n) is 19.6. The monoisotopic (exact) mass is 725 g/mol.